The quantitative estimate of drug-likeness (QED) is 0.520. The molecule has 0 atom stereocenters. The molecule has 0 aliphatic heterocycles. The number of rotatable bonds is 3. The van der Waals surface area contributed by atoms with Crippen molar-refractivity contribution in [3.8, 4) is 0 Å². The standard InChI is InChI=1S/C10H13N3S/c14-10(11-8-6-7-8)13-12-9-4-2-1-3-5-9/h1-5,8,12H,6-7H2,(H2,11,13,14). The van der Waals surface area contributed by atoms with Crippen LogP contribution in [-0.4, -0.2) is 11.2 Å². The highest BCUT2D eigenvalue weighted by Gasteiger charge is 2.21. The Hall–Kier alpha value is -1.29. The maximum atomic E-state index is 5.08. The van der Waals surface area contributed by atoms with Gasteiger partial charge in [-0.3, -0.25) is 10.9 Å². The average molecular weight is 207 g/mol. The molecular formula is C10H13N3S. The van der Waals surface area contributed by atoms with Crippen molar-refractivity contribution in [3.63, 3.8) is 0 Å². The molecule has 3 N–H and O–H groups in total. The summed E-state index contributed by atoms with van der Waals surface area (Å²) in [5.41, 5.74) is 6.97. The first-order valence-corrected chi connectivity index (χ1v) is 5.13. The zero-order valence-electron chi connectivity index (χ0n) is 7.79. The van der Waals surface area contributed by atoms with Gasteiger partial charge in [-0.25, -0.2) is 0 Å². The van der Waals surface area contributed by atoms with Gasteiger partial charge in [0, 0.05) is 6.04 Å². The summed E-state index contributed by atoms with van der Waals surface area (Å²) in [5, 5.41) is 3.85. The fourth-order valence-corrected chi connectivity index (χ4v) is 1.32. The summed E-state index contributed by atoms with van der Waals surface area (Å²) < 4.78 is 0. The van der Waals surface area contributed by atoms with Gasteiger partial charge in [-0.1, -0.05) is 18.2 Å². The Morgan fingerprint density at radius 2 is 1.93 bits per heavy atom. The number of benzene rings is 1. The van der Waals surface area contributed by atoms with Gasteiger partial charge in [0.25, 0.3) is 0 Å². The molecule has 1 aliphatic carbocycles. The van der Waals surface area contributed by atoms with Crippen molar-refractivity contribution in [3.05, 3.63) is 30.3 Å². The summed E-state index contributed by atoms with van der Waals surface area (Å²) in [4.78, 5) is 0. The summed E-state index contributed by atoms with van der Waals surface area (Å²) in [7, 11) is 0. The highest BCUT2D eigenvalue weighted by molar-refractivity contribution is 7.80. The second kappa shape index (κ2) is 4.28. The van der Waals surface area contributed by atoms with Gasteiger partial charge in [0.05, 0.1) is 5.69 Å². The van der Waals surface area contributed by atoms with E-state index in [9.17, 15) is 0 Å². The maximum Gasteiger partial charge on any atom is 0.185 e. The molecule has 0 unspecified atom stereocenters. The fraction of sp³-hybridized carbons (Fsp3) is 0.300. The Morgan fingerprint density at radius 1 is 1.21 bits per heavy atom. The van der Waals surface area contributed by atoms with Crippen LogP contribution in [0.4, 0.5) is 5.69 Å². The zero-order valence-corrected chi connectivity index (χ0v) is 8.60. The van der Waals surface area contributed by atoms with Crippen LogP contribution >= 0.6 is 12.2 Å². The number of para-hydroxylation sites is 1. The molecular weight excluding hydrogens is 194 g/mol. The lowest BCUT2D eigenvalue weighted by molar-refractivity contribution is 0.880. The minimum absolute atomic E-state index is 0.590. The molecule has 2 rings (SSSR count). The molecule has 1 saturated carbocycles. The van der Waals surface area contributed by atoms with Crippen LogP contribution in [0.1, 0.15) is 12.8 Å². The third-order valence-electron chi connectivity index (χ3n) is 2.01. The molecule has 1 aromatic rings. The summed E-state index contributed by atoms with van der Waals surface area (Å²) >= 11 is 5.08. The van der Waals surface area contributed by atoms with Crippen LogP contribution in [0.2, 0.25) is 0 Å². The van der Waals surface area contributed by atoms with Crippen molar-refractivity contribution in [2.75, 3.05) is 5.43 Å². The Labute approximate surface area is 88.9 Å². The predicted octanol–water partition coefficient (Wildman–Crippen LogP) is 1.64. The molecule has 0 radical (unpaired) electrons. The molecule has 0 heterocycles. The molecule has 14 heavy (non-hydrogen) atoms. The topological polar surface area (TPSA) is 36.1 Å². The number of hydrazine groups is 1. The lowest BCUT2D eigenvalue weighted by Gasteiger charge is -2.11. The molecule has 1 fully saturated rings. The Balaban J connectivity index is 1.73. The lowest BCUT2D eigenvalue weighted by atomic mass is 10.3. The highest BCUT2D eigenvalue weighted by Crippen LogP contribution is 2.18. The van der Waals surface area contributed by atoms with E-state index in [0.29, 0.717) is 11.2 Å². The highest BCUT2D eigenvalue weighted by atomic mass is 32.1. The van der Waals surface area contributed by atoms with Gasteiger partial charge in [0.1, 0.15) is 0 Å². The smallest absolute Gasteiger partial charge is 0.185 e. The van der Waals surface area contributed by atoms with E-state index in [1.54, 1.807) is 0 Å². The van der Waals surface area contributed by atoms with E-state index in [2.05, 4.69) is 16.2 Å². The maximum absolute atomic E-state index is 5.08. The average Bonchev–Trinajstić information content (AvgIpc) is 3.00. The second-order valence-corrected chi connectivity index (χ2v) is 3.77. The van der Waals surface area contributed by atoms with Gasteiger partial charge in [-0.05, 0) is 37.2 Å². The molecule has 0 amide bonds. The number of nitrogens with one attached hydrogen (secondary N) is 3. The van der Waals surface area contributed by atoms with Crippen molar-refractivity contribution in [1.29, 1.82) is 0 Å². The van der Waals surface area contributed by atoms with Crippen molar-refractivity contribution in [2.45, 2.75) is 18.9 Å². The predicted molar refractivity (Wildman–Crippen MR) is 62.0 cm³/mol. The third kappa shape index (κ3) is 2.88. The van der Waals surface area contributed by atoms with Gasteiger partial charge in [0.2, 0.25) is 0 Å². The minimum Gasteiger partial charge on any atom is -0.359 e. The molecule has 0 spiro atoms. The number of hydrogen-bond donors (Lipinski definition) is 3. The van der Waals surface area contributed by atoms with Crippen molar-refractivity contribution < 1.29 is 0 Å². The van der Waals surface area contributed by atoms with Crippen LogP contribution in [0, 0.1) is 0 Å². The van der Waals surface area contributed by atoms with E-state index in [0.717, 1.165) is 5.69 Å². The van der Waals surface area contributed by atoms with Crippen molar-refractivity contribution in [1.82, 2.24) is 10.7 Å². The Bertz CT molecular complexity index is 308. The molecule has 0 saturated heterocycles. The molecule has 1 aromatic carbocycles. The molecule has 0 bridgehead atoms. The van der Waals surface area contributed by atoms with E-state index >= 15 is 0 Å². The minimum atomic E-state index is 0.590. The molecule has 1 aliphatic rings. The molecule has 3 nitrogen and oxygen atoms in total. The van der Waals surface area contributed by atoms with Crippen LogP contribution in [0.15, 0.2) is 30.3 Å². The first-order valence-electron chi connectivity index (χ1n) is 4.72. The summed E-state index contributed by atoms with van der Waals surface area (Å²) in [6, 6.07) is 10.5. The van der Waals surface area contributed by atoms with Gasteiger partial charge >= 0.3 is 0 Å². The van der Waals surface area contributed by atoms with E-state index in [-0.39, 0.29) is 0 Å². The number of thiocarbonyl (C=S) groups is 1. The fourth-order valence-electron chi connectivity index (χ4n) is 1.10. The first-order chi connectivity index (χ1) is 6.84. The van der Waals surface area contributed by atoms with Gasteiger partial charge < -0.3 is 5.32 Å². The Morgan fingerprint density at radius 3 is 2.57 bits per heavy atom. The van der Waals surface area contributed by atoms with Crippen LogP contribution < -0.4 is 16.2 Å². The van der Waals surface area contributed by atoms with Crippen LogP contribution in [0.25, 0.3) is 0 Å². The van der Waals surface area contributed by atoms with Crippen molar-refractivity contribution >= 4 is 23.0 Å². The van der Waals surface area contributed by atoms with Crippen LogP contribution in [0.5, 0.6) is 0 Å². The summed E-state index contributed by atoms with van der Waals surface area (Å²) in [5.74, 6) is 0. The molecule has 74 valence electrons. The van der Waals surface area contributed by atoms with Crippen LogP contribution in [-0.2, 0) is 0 Å². The van der Waals surface area contributed by atoms with E-state index in [4.69, 9.17) is 12.2 Å². The van der Waals surface area contributed by atoms with E-state index in [1.807, 2.05) is 30.3 Å². The number of anilines is 1. The first kappa shape index (κ1) is 9.27. The number of hydrogen-bond acceptors (Lipinski definition) is 2. The van der Waals surface area contributed by atoms with Crippen molar-refractivity contribution in [2.24, 2.45) is 0 Å². The van der Waals surface area contributed by atoms with E-state index in [1.165, 1.54) is 12.8 Å². The Kier molecular flexibility index (Phi) is 2.84. The van der Waals surface area contributed by atoms with Crippen LogP contribution in [0.3, 0.4) is 0 Å². The van der Waals surface area contributed by atoms with Gasteiger partial charge in [-0.2, -0.15) is 0 Å². The molecule has 4 heteroatoms. The largest absolute Gasteiger partial charge is 0.359 e. The monoisotopic (exact) mass is 207 g/mol. The molecule has 0 aromatic heterocycles. The normalized spacial score (nSPS) is 14.6. The SMILES string of the molecule is S=C(NNc1ccccc1)NC1CC1. The van der Waals surface area contributed by atoms with Gasteiger partial charge in [0.15, 0.2) is 5.11 Å². The third-order valence-corrected chi connectivity index (χ3v) is 2.23. The second-order valence-electron chi connectivity index (χ2n) is 3.36. The van der Waals surface area contributed by atoms with Gasteiger partial charge in [-0.15, -0.1) is 0 Å². The summed E-state index contributed by atoms with van der Waals surface area (Å²) in [6.07, 6.45) is 2.46. The lowest BCUT2D eigenvalue weighted by Crippen LogP contribution is -2.39. The zero-order chi connectivity index (χ0) is 9.80. The summed E-state index contributed by atoms with van der Waals surface area (Å²) in [6.45, 7) is 0. The van der Waals surface area contributed by atoms with E-state index < -0.39 is 0 Å².